The Hall–Kier alpha value is -2.91. The number of rotatable bonds is 5. The molecular formula is C18H14ClFN2O3. The van der Waals surface area contributed by atoms with Gasteiger partial charge in [-0.2, -0.15) is 5.26 Å². The molecule has 0 unspecified atom stereocenters. The van der Waals surface area contributed by atoms with E-state index in [0.29, 0.717) is 11.3 Å². The molecule has 0 fully saturated rings. The van der Waals surface area contributed by atoms with Crippen molar-refractivity contribution >= 4 is 29.2 Å². The fraction of sp³-hybridized carbons (Fsp3) is 0.167. The average molecular weight is 361 g/mol. The number of nitriles is 1. The quantitative estimate of drug-likeness (QED) is 0.828. The monoisotopic (exact) mass is 360 g/mol. The van der Waals surface area contributed by atoms with Gasteiger partial charge in [-0.25, -0.2) is 4.39 Å². The van der Waals surface area contributed by atoms with Crippen LogP contribution in [-0.2, 0) is 20.7 Å². The zero-order valence-electron chi connectivity index (χ0n) is 13.3. The van der Waals surface area contributed by atoms with Crippen LogP contribution in [0.3, 0.4) is 0 Å². The lowest BCUT2D eigenvalue weighted by molar-refractivity contribution is -0.152. The number of nitrogens with zero attached hydrogens (tertiary/aromatic N) is 1. The summed E-state index contributed by atoms with van der Waals surface area (Å²) in [6.45, 7) is 1.42. The second-order valence-electron chi connectivity index (χ2n) is 5.23. The summed E-state index contributed by atoms with van der Waals surface area (Å²) in [6.07, 6.45) is -1.19. The van der Waals surface area contributed by atoms with E-state index in [4.69, 9.17) is 21.6 Å². The van der Waals surface area contributed by atoms with E-state index in [-0.39, 0.29) is 17.0 Å². The number of halogens is 2. The Kier molecular flexibility index (Phi) is 6.09. The molecule has 25 heavy (non-hydrogen) atoms. The number of benzene rings is 2. The molecule has 0 aliphatic carbocycles. The molecule has 0 aromatic heterocycles. The van der Waals surface area contributed by atoms with Crippen LogP contribution in [-0.4, -0.2) is 18.0 Å². The number of amides is 1. The van der Waals surface area contributed by atoms with Gasteiger partial charge in [0.15, 0.2) is 6.10 Å². The standard InChI is InChI=1S/C18H14ClFN2O3/c1-11(25-17(23)8-12-3-2-4-14(20)7-12)18(24)22-15-6-5-13(10-21)16(19)9-15/h2-7,9,11H,8H2,1H3,(H,22,24)/t11-/m0/s1. The van der Waals surface area contributed by atoms with E-state index in [1.165, 1.54) is 43.3 Å². The normalized spacial score (nSPS) is 11.3. The molecule has 0 aliphatic heterocycles. The molecule has 128 valence electrons. The second-order valence-corrected chi connectivity index (χ2v) is 5.64. The van der Waals surface area contributed by atoms with E-state index in [0.717, 1.165) is 0 Å². The van der Waals surface area contributed by atoms with Gasteiger partial charge >= 0.3 is 5.97 Å². The zero-order valence-corrected chi connectivity index (χ0v) is 14.0. The number of hydrogen-bond acceptors (Lipinski definition) is 4. The van der Waals surface area contributed by atoms with Gasteiger partial charge in [0.25, 0.3) is 5.91 Å². The number of nitrogens with one attached hydrogen (secondary N) is 1. The van der Waals surface area contributed by atoms with Crippen molar-refractivity contribution in [3.63, 3.8) is 0 Å². The molecule has 0 radical (unpaired) electrons. The van der Waals surface area contributed by atoms with Gasteiger partial charge < -0.3 is 10.1 Å². The maximum absolute atomic E-state index is 13.1. The topological polar surface area (TPSA) is 79.2 Å². The first kappa shape index (κ1) is 18.4. The predicted octanol–water partition coefficient (Wildman–Crippen LogP) is 3.46. The van der Waals surface area contributed by atoms with Crippen molar-refractivity contribution in [2.75, 3.05) is 5.32 Å². The van der Waals surface area contributed by atoms with Crippen LogP contribution in [0.25, 0.3) is 0 Å². The van der Waals surface area contributed by atoms with Crippen molar-refractivity contribution in [2.24, 2.45) is 0 Å². The van der Waals surface area contributed by atoms with Gasteiger partial charge in [-0.15, -0.1) is 0 Å². The molecule has 0 saturated carbocycles. The summed E-state index contributed by atoms with van der Waals surface area (Å²) >= 11 is 5.89. The first-order chi connectivity index (χ1) is 11.9. The summed E-state index contributed by atoms with van der Waals surface area (Å²) in [5, 5.41) is 11.6. The maximum atomic E-state index is 13.1. The first-order valence-corrected chi connectivity index (χ1v) is 7.71. The predicted molar refractivity (Wildman–Crippen MR) is 90.5 cm³/mol. The van der Waals surface area contributed by atoms with Crippen LogP contribution in [0.4, 0.5) is 10.1 Å². The summed E-state index contributed by atoms with van der Waals surface area (Å²) < 4.78 is 18.1. The van der Waals surface area contributed by atoms with E-state index in [1.54, 1.807) is 6.07 Å². The summed E-state index contributed by atoms with van der Waals surface area (Å²) in [6, 6.07) is 11.9. The highest BCUT2D eigenvalue weighted by atomic mass is 35.5. The zero-order chi connectivity index (χ0) is 18.4. The summed E-state index contributed by atoms with van der Waals surface area (Å²) in [5.41, 5.74) is 1.12. The second kappa shape index (κ2) is 8.27. The van der Waals surface area contributed by atoms with Crippen molar-refractivity contribution in [1.82, 2.24) is 0 Å². The minimum atomic E-state index is -1.05. The van der Waals surface area contributed by atoms with Gasteiger partial charge in [0, 0.05) is 5.69 Å². The number of carbonyl (C=O) groups excluding carboxylic acids is 2. The molecule has 0 bridgehead atoms. The summed E-state index contributed by atoms with van der Waals surface area (Å²) in [5.74, 6) is -1.65. The fourth-order valence-electron chi connectivity index (χ4n) is 2.03. The molecule has 2 aromatic carbocycles. The van der Waals surface area contributed by atoms with Crippen LogP contribution < -0.4 is 5.32 Å². The van der Waals surface area contributed by atoms with E-state index >= 15 is 0 Å². The Balaban J connectivity index is 1.92. The highest BCUT2D eigenvalue weighted by Crippen LogP contribution is 2.20. The molecule has 1 amide bonds. The molecule has 7 heteroatoms. The van der Waals surface area contributed by atoms with Crippen molar-refractivity contribution in [1.29, 1.82) is 5.26 Å². The minimum Gasteiger partial charge on any atom is -0.452 e. The van der Waals surface area contributed by atoms with Gasteiger partial charge in [-0.1, -0.05) is 23.7 Å². The van der Waals surface area contributed by atoms with Gasteiger partial charge in [0.1, 0.15) is 11.9 Å². The van der Waals surface area contributed by atoms with Crippen LogP contribution >= 0.6 is 11.6 Å². The Labute approximate surface area is 149 Å². The smallest absolute Gasteiger partial charge is 0.311 e. The molecule has 1 atom stereocenters. The number of carbonyl (C=O) groups is 2. The highest BCUT2D eigenvalue weighted by molar-refractivity contribution is 6.32. The number of esters is 1. The first-order valence-electron chi connectivity index (χ1n) is 7.33. The molecule has 0 saturated heterocycles. The van der Waals surface area contributed by atoms with Crippen molar-refractivity contribution in [3.8, 4) is 6.07 Å². The molecule has 0 spiro atoms. The van der Waals surface area contributed by atoms with E-state index in [2.05, 4.69) is 5.32 Å². The molecule has 2 aromatic rings. The Morgan fingerprint density at radius 2 is 2.08 bits per heavy atom. The van der Waals surface area contributed by atoms with Crippen LogP contribution in [0, 0.1) is 17.1 Å². The molecule has 0 aliphatic rings. The lowest BCUT2D eigenvalue weighted by Crippen LogP contribution is -2.30. The third-order valence-corrected chi connectivity index (χ3v) is 3.58. The summed E-state index contributed by atoms with van der Waals surface area (Å²) in [4.78, 5) is 23.9. The lowest BCUT2D eigenvalue weighted by Gasteiger charge is -2.14. The van der Waals surface area contributed by atoms with Gasteiger partial charge in [0.05, 0.1) is 17.0 Å². The fourth-order valence-corrected chi connectivity index (χ4v) is 2.26. The summed E-state index contributed by atoms with van der Waals surface area (Å²) in [7, 11) is 0. The van der Waals surface area contributed by atoms with Crippen LogP contribution in [0.2, 0.25) is 5.02 Å². The van der Waals surface area contributed by atoms with E-state index in [1.807, 2.05) is 6.07 Å². The van der Waals surface area contributed by atoms with Gasteiger partial charge in [-0.3, -0.25) is 9.59 Å². The maximum Gasteiger partial charge on any atom is 0.311 e. The van der Waals surface area contributed by atoms with E-state index < -0.39 is 23.8 Å². The minimum absolute atomic E-state index is 0.141. The largest absolute Gasteiger partial charge is 0.452 e. The third-order valence-electron chi connectivity index (χ3n) is 3.27. The molecule has 5 nitrogen and oxygen atoms in total. The number of ether oxygens (including phenoxy) is 1. The molecule has 1 N–H and O–H groups in total. The highest BCUT2D eigenvalue weighted by Gasteiger charge is 2.18. The molecule has 2 rings (SSSR count). The Morgan fingerprint density at radius 3 is 2.72 bits per heavy atom. The third kappa shape index (κ3) is 5.30. The van der Waals surface area contributed by atoms with Crippen molar-refractivity contribution in [2.45, 2.75) is 19.4 Å². The van der Waals surface area contributed by atoms with Crippen LogP contribution in [0.1, 0.15) is 18.1 Å². The Bertz CT molecular complexity index is 848. The van der Waals surface area contributed by atoms with Crippen LogP contribution in [0.5, 0.6) is 0 Å². The SMILES string of the molecule is C[C@H](OC(=O)Cc1cccc(F)c1)C(=O)Nc1ccc(C#N)c(Cl)c1. The van der Waals surface area contributed by atoms with Gasteiger partial charge in [-0.05, 0) is 42.8 Å². The van der Waals surface area contributed by atoms with E-state index in [9.17, 15) is 14.0 Å². The van der Waals surface area contributed by atoms with Crippen LogP contribution in [0.15, 0.2) is 42.5 Å². The number of hydrogen-bond donors (Lipinski definition) is 1. The molecule has 0 heterocycles. The Morgan fingerprint density at radius 1 is 1.32 bits per heavy atom. The number of anilines is 1. The van der Waals surface area contributed by atoms with Crippen molar-refractivity contribution < 1.29 is 18.7 Å². The molecular weight excluding hydrogens is 347 g/mol. The average Bonchev–Trinajstić information content (AvgIpc) is 2.54. The lowest BCUT2D eigenvalue weighted by atomic mass is 10.1. The van der Waals surface area contributed by atoms with Crippen molar-refractivity contribution in [3.05, 3.63) is 64.4 Å². The van der Waals surface area contributed by atoms with Gasteiger partial charge in [0.2, 0.25) is 0 Å².